The van der Waals surface area contributed by atoms with Crippen LogP contribution in [0.25, 0.3) is 6.08 Å². The Morgan fingerprint density at radius 3 is 2.21 bits per heavy atom. The minimum Gasteiger partial charge on any atom is -0.496 e. The van der Waals surface area contributed by atoms with E-state index in [0.29, 0.717) is 22.7 Å². The number of amides is 2. The summed E-state index contributed by atoms with van der Waals surface area (Å²) < 4.78 is 6.21. The van der Waals surface area contributed by atoms with Crippen molar-refractivity contribution in [3.63, 3.8) is 0 Å². The van der Waals surface area contributed by atoms with Crippen LogP contribution in [0.5, 0.6) is 5.75 Å². The maximum absolute atomic E-state index is 12.6. The number of benzene rings is 3. The molecule has 0 aliphatic heterocycles. The van der Waals surface area contributed by atoms with E-state index in [1.165, 1.54) is 6.08 Å². The molecule has 0 radical (unpaired) electrons. The number of carbonyl (C=O) groups excluding carboxylic acids is 2. The molecule has 0 atom stereocenters. The SMILES string of the molecule is COc1ccc(Br)cc1/C=C/C(=O)Nc1cccc(NC(=O)c2ccc(C(C)(C)C)cc2)c1. The molecule has 0 saturated heterocycles. The van der Waals surface area contributed by atoms with Gasteiger partial charge in [-0.3, -0.25) is 9.59 Å². The summed E-state index contributed by atoms with van der Waals surface area (Å²) in [4.78, 5) is 25.0. The van der Waals surface area contributed by atoms with Gasteiger partial charge in [0, 0.05) is 33.1 Å². The molecule has 33 heavy (non-hydrogen) atoms. The van der Waals surface area contributed by atoms with E-state index in [2.05, 4.69) is 47.3 Å². The molecule has 0 aliphatic carbocycles. The van der Waals surface area contributed by atoms with Crippen LogP contribution < -0.4 is 15.4 Å². The number of methoxy groups -OCH3 is 1. The first kappa shape index (κ1) is 24.3. The molecular formula is C27H27BrN2O3. The topological polar surface area (TPSA) is 67.4 Å². The smallest absolute Gasteiger partial charge is 0.255 e. The average Bonchev–Trinajstić information content (AvgIpc) is 2.77. The van der Waals surface area contributed by atoms with Gasteiger partial charge in [-0.05, 0) is 65.6 Å². The summed E-state index contributed by atoms with van der Waals surface area (Å²) in [7, 11) is 1.58. The van der Waals surface area contributed by atoms with Gasteiger partial charge in [0.15, 0.2) is 0 Å². The van der Waals surface area contributed by atoms with Crippen LogP contribution in [0.15, 0.2) is 77.3 Å². The van der Waals surface area contributed by atoms with Crippen molar-refractivity contribution in [1.29, 1.82) is 0 Å². The lowest BCUT2D eigenvalue weighted by atomic mass is 9.87. The highest BCUT2D eigenvalue weighted by atomic mass is 79.9. The highest BCUT2D eigenvalue weighted by Crippen LogP contribution is 2.25. The molecule has 3 rings (SSSR count). The molecule has 6 heteroatoms. The average molecular weight is 507 g/mol. The van der Waals surface area contributed by atoms with E-state index in [1.807, 2.05) is 42.5 Å². The van der Waals surface area contributed by atoms with Gasteiger partial charge in [-0.15, -0.1) is 0 Å². The van der Waals surface area contributed by atoms with Gasteiger partial charge in [-0.2, -0.15) is 0 Å². The normalized spacial score (nSPS) is 11.3. The highest BCUT2D eigenvalue weighted by molar-refractivity contribution is 9.10. The second kappa shape index (κ2) is 10.5. The van der Waals surface area contributed by atoms with E-state index >= 15 is 0 Å². The molecule has 0 bridgehead atoms. The summed E-state index contributed by atoms with van der Waals surface area (Å²) >= 11 is 3.42. The fourth-order valence-corrected chi connectivity index (χ4v) is 3.56. The van der Waals surface area contributed by atoms with E-state index in [4.69, 9.17) is 4.74 Å². The summed E-state index contributed by atoms with van der Waals surface area (Å²) in [6, 6.07) is 20.2. The number of rotatable bonds is 6. The van der Waals surface area contributed by atoms with Crippen molar-refractivity contribution in [1.82, 2.24) is 0 Å². The zero-order valence-electron chi connectivity index (χ0n) is 19.1. The Labute approximate surface area is 203 Å². The number of ether oxygens (including phenoxy) is 1. The fourth-order valence-electron chi connectivity index (χ4n) is 3.18. The highest BCUT2D eigenvalue weighted by Gasteiger charge is 2.14. The maximum atomic E-state index is 12.6. The molecule has 170 valence electrons. The van der Waals surface area contributed by atoms with Crippen molar-refractivity contribution in [3.8, 4) is 5.75 Å². The van der Waals surface area contributed by atoms with E-state index in [-0.39, 0.29) is 17.2 Å². The molecule has 2 N–H and O–H groups in total. The predicted octanol–water partition coefficient (Wildman–Crippen LogP) is 6.66. The summed E-state index contributed by atoms with van der Waals surface area (Å²) in [5, 5.41) is 5.69. The molecule has 3 aromatic carbocycles. The number of hydrogen-bond donors (Lipinski definition) is 2. The van der Waals surface area contributed by atoms with E-state index in [0.717, 1.165) is 15.6 Å². The van der Waals surface area contributed by atoms with Crippen LogP contribution >= 0.6 is 15.9 Å². The first-order chi connectivity index (χ1) is 15.7. The first-order valence-corrected chi connectivity index (χ1v) is 11.3. The number of hydrogen-bond acceptors (Lipinski definition) is 3. The van der Waals surface area contributed by atoms with Gasteiger partial charge in [-0.1, -0.05) is 54.9 Å². The molecule has 5 nitrogen and oxygen atoms in total. The summed E-state index contributed by atoms with van der Waals surface area (Å²) in [6.07, 6.45) is 3.12. The van der Waals surface area contributed by atoms with Gasteiger partial charge in [-0.25, -0.2) is 0 Å². The van der Waals surface area contributed by atoms with Crippen LogP contribution in [0.1, 0.15) is 42.3 Å². The second-order valence-electron chi connectivity index (χ2n) is 8.57. The van der Waals surface area contributed by atoms with Crippen molar-refractivity contribution in [3.05, 3.63) is 94.0 Å². The van der Waals surface area contributed by atoms with Gasteiger partial charge in [0.05, 0.1) is 7.11 Å². The van der Waals surface area contributed by atoms with Gasteiger partial charge < -0.3 is 15.4 Å². The largest absolute Gasteiger partial charge is 0.496 e. The Hall–Kier alpha value is -3.38. The lowest BCUT2D eigenvalue weighted by Gasteiger charge is -2.19. The van der Waals surface area contributed by atoms with Gasteiger partial charge in [0.1, 0.15) is 5.75 Å². The van der Waals surface area contributed by atoms with Crippen LogP contribution in [-0.2, 0) is 10.2 Å². The standard InChI is InChI=1S/C27H27BrN2O3/c1-27(2,3)20-11-8-18(9-12-20)26(32)30-23-7-5-6-22(17-23)29-25(31)15-10-19-16-21(28)13-14-24(19)33-4/h5-17H,1-4H3,(H,29,31)(H,30,32)/b15-10+. The van der Waals surface area contributed by atoms with E-state index < -0.39 is 0 Å². The third-order valence-corrected chi connectivity index (χ3v) is 5.50. The molecule has 0 spiro atoms. The lowest BCUT2D eigenvalue weighted by Crippen LogP contribution is -2.14. The number of anilines is 2. The Kier molecular flexibility index (Phi) is 7.71. The number of nitrogens with one attached hydrogen (secondary N) is 2. The minimum atomic E-state index is -0.293. The van der Waals surface area contributed by atoms with E-state index in [1.54, 1.807) is 37.5 Å². The molecule has 0 fully saturated rings. The Morgan fingerprint density at radius 2 is 1.58 bits per heavy atom. The van der Waals surface area contributed by atoms with Crippen LogP contribution in [-0.4, -0.2) is 18.9 Å². The van der Waals surface area contributed by atoms with Crippen LogP contribution in [0.3, 0.4) is 0 Å². The second-order valence-corrected chi connectivity index (χ2v) is 9.49. The van der Waals surface area contributed by atoms with Crippen molar-refractivity contribution < 1.29 is 14.3 Å². The first-order valence-electron chi connectivity index (χ1n) is 10.5. The zero-order valence-corrected chi connectivity index (χ0v) is 20.7. The van der Waals surface area contributed by atoms with Crippen LogP contribution in [0.4, 0.5) is 11.4 Å². The lowest BCUT2D eigenvalue weighted by molar-refractivity contribution is -0.111. The predicted molar refractivity (Wildman–Crippen MR) is 138 cm³/mol. The van der Waals surface area contributed by atoms with Gasteiger partial charge in [0.2, 0.25) is 5.91 Å². The van der Waals surface area contributed by atoms with Crippen molar-refractivity contribution in [2.75, 3.05) is 17.7 Å². The Morgan fingerprint density at radius 1 is 0.909 bits per heavy atom. The monoisotopic (exact) mass is 506 g/mol. The molecule has 0 aliphatic rings. The Balaban J connectivity index is 1.65. The molecule has 3 aromatic rings. The van der Waals surface area contributed by atoms with Gasteiger partial charge >= 0.3 is 0 Å². The molecule has 0 aromatic heterocycles. The quantitative estimate of drug-likeness (QED) is 0.367. The molecule has 0 heterocycles. The maximum Gasteiger partial charge on any atom is 0.255 e. The van der Waals surface area contributed by atoms with Crippen LogP contribution in [0, 0.1) is 0 Å². The fraction of sp³-hybridized carbons (Fsp3) is 0.185. The zero-order chi connectivity index (χ0) is 24.0. The number of halogens is 1. The Bertz CT molecular complexity index is 1180. The summed E-state index contributed by atoms with van der Waals surface area (Å²) in [5.41, 5.74) is 3.71. The van der Waals surface area contributed by atoms with Crippen molar-refractivity contribution in [2.45, 2.75) is 26.2 Å². The van der Waals surface area contributed by atoms with Crippen molar-refractivity contribution >= 4 is 45.2 Å². The van der Waals surface area contributed by atoms with E-state index in [9.17, 15) is 9.59 Å². The molecule has 0 saturated carbocycles. The van der Waals surface area contributed by atoms with Crippen LogP contribution in [0.2, 0.25) is 0 Å². The number of carbonyl (C=O) groups is 2. The summed E-state index contributed by atoms with van der Waals surface area (Å²) in [6.45, 7) is 6.39. The minimum absolute atomic E-state index is 0.0259. The van der Waals surface area contributed by atoms with Gasteiger partial charge in [0.25, 0.3) is 5.91 Å². The third kappa shape index (κ3) is 6.80. The molecule has 0 unspecified atom stereocenters. The van der Waals surface area contributed by atoms with Crippen molar-refractivity contribution in [2.24, 2.45) is 0 Å². The molecule has 2 amide bonds. The summed E-state index contributed by atoms with van der Waals surface area (Å²) in [5.74, 6) is 0.168. The molecular weight excluding hydrogens is 480 g/mol. The third-order valence-electron chi connectivity index (χ3n) is 5.01.